The molecule has 92 valence electrons. The minimum absolute atomic E-state index is 0.146. The summed E-state index contributed by atoms with van der Waals surface area (Å²) >= 11 is 0. The first-order valence-corrected chi connectivity index (χ1v) is 6.65. The van der Waals surface area contributed by atoms with Gasteiger partial charge in [-0.1, -0.05) is 12.7 Å². The van der Waals surface area contributed by atoms with E-state index < -0.39 is 22.3 Å². The first kappa shape index (κ1) is 13.0. The zero-order valence-corrected chi connectivity index (χ0v) is 9.90. The van der Waals surface area contributed by atoms with Gasteiger partial charge in [0.25, 0.3) is 10.1 Å². The molecule has 16 heavy (non-hydrogen) atoms. The predicted molar refractivity (Wildman–Crippen MR) is 57.5 cm³/mol. The van der Waals surface area contributed by atoms with Gasteiger partial charge in [0.15, 0.2) is 0 Å². The van der Waals surface area contributed by atoms with E-state index >= 15 is 0 Å². The molecule has 0 aromatic carbocycles. The molecule has 0 bridgehead atoms. The van der Waals surface area contributed by atoms with Crippen LogP contribution in [0.15, 0.2) is 12.7 Å². The van der Waals surface area contributed by atoms with Crippen molar-refractivity contribution in [1.82, 2.24) is 4.90 Å². The lowest BCUT2D eigenvalue weighted by molar-refractivity contribution is 0.115. The molecule has 1 aliphatic heterocycles. The summed E-state index contributed by atoms with van der Waals surface area (Å²) in [6.45, 7) is 4.25. The second-order valence-electron chi connectivity index (χ2n) is 3.52. The van der Waals surface area contributed by atoms with E-state index in [9.17, 15) is 13.2 Å². The van der Waals surface area contributed by atoms with Crippen molar-refractivity contribution < 1.29 is 22.1 Å². The highest BCUT2D eigenvalue weighted by atomic mass is 32.2. The smallest absolute Gasteiger partial charge is 0.410 e. The number of carbonyl (C=O) groups excluding carboxylic acids is 1. The first-order chi connectivity index (χ1) is 7.42. The number of ether oxygens (including phenoxy) is 1. The molecular formula is C9H15NO5S. The van der Waals surface area contributed by atoms with Crippen LogP contribution in [-0.4, -0.2) is 51.5 Å². The molecule has 0 aliphatic carbocycles. The zero-order chi connectivity index (χ0) is 12.2. The van der Waals surface area contributed by atoms with Gasteiger partial charge in [0, 0.05) is 6.54 Å². The van der Waals surface area contributed by atoms with Crippen molar-refractivity contribution >= 4 is 16.2 Å². The van der Waals surface area contributed by atoms with E-state index in [0.29, 0.717) is 13.0 Å². The van der Waals surface area contributed by atoms with Crippen LogP contribution >= 0.6 is 0 Å². The Morgan fingerprint density at radius 2 is 2.31 bits per heavy atom. The largest absolute Gasteiger partial charge is 0.445 e. The quantitative estimate of drug-likeness (QED) is 0.531. The standard InChI is InChI=1S/C9H15NO5S/c1-3-6-14-9(11)10-5-4-8(7-10)15-16(2,12)13/h3,8H,1,4-7H2,2H3. The third-order valence-electron chi connectivity index (χ3n) is 2.04. The number of likely N-dealkylation sites (tertiary alicyclic amines) is 1. The Hall–Kier alpha value is -1.08. The van der Waals surface area contributed by atoms with Gasteiger partial charge in [-0.3, -0.25) is 4.18 Å². The molecule has 0 spiro atoms. The molecule has 1 unspecified atom stereocenters. The number of rotatable bonds is 4. The average molecular weight is 249 g/mol. The topological polar surface area (TPSA) is 72.9 Å². The number of hydrogen-bond acceptors (Lipinski definition) is 5. The molecule has 1 rings (SSSR count). The Balaban J connectivity index is 2.40. The maximum atomic E-state index is 11.4. The van der Waals surface area contributed by atoms with Crippen LogP contribution in [0.3, 0.4) is 0 Å². The Morgan fingerprint density at radius 1 is 1.62 bits per heavy atom. The number of nitrogens with zero attached hydrogens (tertiary/aromatic N) is 1. The average Bonchev–Trinajstić information content (AvgIpc) is 2.59. The highest BCUT2D eigenvalue weighted by Crippen LogP contribution is 2.15. The predicted octanol–water partition coefficient (Wildman–Crippen LogP) is 0.359. The SMILES string of the molecule is C=CCOC(=O)N1CCC(OS(C)(=O)=O)C1. The summed E-state index contributed by atoms with van der Waals surface area (Å²) in [7, 11) is -3.47. The second-order valence-corrected chi connectivity index (χ2v) is 5.12. The fraction of sp³-hybridized carbons (Fsp3) is 0.667. The molecule has 6 nitrogen and oxygen atoms in total. The Kier molecular flexibility index (Phi) is 4.31. The van der Waals surface area contributed by atoms with Crippen LogP contribution in [0.2, 0.25) is 0 Å². The maximum absolute atomic E-state index is 11.4. The Morgan fingerprint density at radius 3 is 2.88 bits per heavy atom. The fourth-order valence-corrected chi connectivity index (χ4v) is 2.09. The van der Waals surface area contributed by atoms with E-state index in [4.69, 9.17) is 8.92 Å². The number of carbonyl (C=O) groups is 1. The number of hydrogen-bond donors (Lipinski definition) is 0. The fourth-order valence-electron chi connectivity index (χ4n) is 1.44. The maximum Gasteiger partial charge on any atom is 0.410 e. The lowest BCUT2D eigenvalue weighted by Crippen LogP contribution is -2.31. The molecule has 0 aromatic heterocycles. The molecular weight excluding hydrogens is 234 g/mol. The van der Waals surface area contributed by atoms with Crippen LogP contribution in [0.5, 0.6) is 0 Å². The molecule has 0 saturated carbocycles. The molecule has 1 fully saturated rings. The minimum atomic E-state index is -3.47. The van der Waals surface area contributed by atoms with Gasteiger partial charge in [0.1, 0.15) is 6.61 Å². The lowest BCUT2D eigenvalue weighted by Gasteiger charge is -2.15. The van der Waals surface area contributed by atoms with Crippen molar-refractivity contribution in [1.29, 1.82) is 0 Å². The van der Waals surface area contributed by atoms with Crippen LogP contribution in [-0.2, 0) is 19.0 Å². The van der Waals surface area contributed by atoms with E-state index in [1.807, 2.05) is 0 Å². The van der Waals surface area contributed by atoms with Crippen molar-refractivity contribution in [2.75, 3.05) is 26.0 Å². The van der Waals surface area contributed by atoms with Crippen LogP contribution in [0.4, 0.5) is 4.79 Å². The minimum Gasteiger partial charge on any atom is -0.445 e. The van der Waals surface area contributed by atoms with Gasteiger partial charge < -0.3 is 9.64 Å². The van der Waals surface area contributed by atoms with E-state index in [0.717, 1.165) is 6.26 Å². The van der Waals surface area contributed by atoms with Gasteiger partial charge >= 0.3 is 6.09 Å². The normalized spacial score (nSPS) is 20.8. The van der Waals surface area contributed by atoms with E-state index in [1.54, 1.807) is 0 Å². The van der Waals surface area contributed by atoms with Crippen LogP contribution < -0.4 is 0 Å². The molecule has 7 heteroatoms. The summed E-state index contributed by atoms with van der Waals surface area (Å²) in [6.07, 6.45) is 2.02. The van der Waals surface area contributed by atoms with Gasteiger partial charge in [0.2, 0.25) is 0 Å². The van der Waals surface area contributed by atoms with Gasteiger partial charge in [-0.2, -0.15) is 8.42 Å². The van der Waals surface area contributed by atoms with Crippen LogP contribution in [0, 0.1) is 0 Å². The van der Waals surface area contributed by atoms with Crippen LogP contribution in [0.1, 0.15) is 6.42 Å². The zero-order valence-electron chi connectivity index (χ0n) is 9.09. The van der Waals surface area contributed by atoms with Gasteiger partial charge in [0.05, 0.1) is 18.9 Å². The summed E-state index contributed by atoms with van der Waals surface area (Å²) in [4.78, 5) is 12.8. The summed E-state index contributed by atoms with van der Waals surface area (Å²) < 4.78 is 31.3. The van der Waals surface area contributed by atoms with E-state index in [1.165, 1.54) is 11.0 Å². The Bertz CT molecular complexity index is 364. The van der Waals surface area contributed by atoms with Gasteiger partial charge in [-0.25, -0.2) is 4.79 Å². The second kappa shape index (κ2) is 5.31. The summed E-state index contributed by atoms with van der Waals surface area (Å²) in [5.41, 5.74) is 0. The first-order valence-electron chi connectivity index (χ1n) is 4.83. The van der Waals surface area contributed by atoms with Gasteiger partial charge in [-0.15, -0.1) is 0 Å². The third-order valence-corrected chi connectivity index (χ3v) is 2.66. The highest BCUT2D eigenvalue weighted by Gasteiger charge is 2.29. The van der Waals surface area contributed by atoms with Crippen molar-refractivity contribution in [3.8, 4) is 0 Å². The van der Waals surface area contributed by atoms with Crippen molar-refractivity contribution in [2.45, 2.75) is 12.5 Å². The molecule has 1 aliphatic rings. The van der Waals surface area contributed by atoms with E-state index in [-0.39, 0.29) is 13.2 Å². The van der Waals surface area contributed by atoms with Crippen LogP contribution in [0.25, 0.3) is 0 Å². The van der Waals surface area contributed by atoms with Gasteiger partial charge in [-0.05, 0) is 6.42 Å². The summed E-state index contributed by atoms with van der Waals surface area (Å²) in [5, 5.41) is 0. The van der Waals surface area contributed by atoms with Crippen molar-refractivity contribution in [3.63, 3.8) is 0 Å². The lowest BCUT2D eigenvalue weighted by atomic mass is 10.3. The highest BCUT2D eigenvalue weighted by molar-refractivity contribution is 7.86. The molecule has 1 saturated heterocycles. The third kappa shape index (κ3) is 4.19. The molecule has 1 atom stereocenters. The number of amides is 1. The van der Waals surface area contributed by atoms with Crippen molar-refractivity contribution in [2.24, 2.45) is 0 Å². The molecule has 0 radical (unpaired) electrons. The van der Waals surface area contributed by atoms with E-state index in [2.05, 4.69) is 6.58 Å². The monoisotopic (exact) mass is 249 g/mol. The Labute approximate surface area is 94.9 Å². The molecule has 1 amide bonds. The molecule has 0 aromatic rings. The van der Waals surface area contributed by atoms with Crippen molar-refractivity contribution in [3.05, 3.63) is 12.7 Å². The summed E-state index contributed by atoms with van der Waals surface area (Å²) in [5.74, 6) is 0. The molecule has 0 N–H and O–H groups in total. The molecule has 1 heterocycles. The summed E-state index contributed by atoms with van der Waals surface area (Å²) in [6, 6.07) is 0.